The summed E-state index contributed by atoms with van der Waals surface area (Å²) in [6.45, 7) is 19.1. The molecule has 3 nitrogen and oxygen atoms in total. The van der Waals surface area contributed by atoms with Gasteiger partial charge in [0.2, 0.25) is 0 Å². The standard InChI is InChI=1S/C70H57N3S/c1-40(2)47-35-43-30-33-60(68-48(41(3)4)36-42-29-32-59(67(47)65(42)66(43)68)72-56-25-15-11-21-51(56)69(5,6)52-22-12-16-26-57(52)72)73-58-27-17-13-23-53(58)70(7,8)54-38-49-45-19-9-14-24-55(45)71(61(49)39-62(54)73)44-31-34-64-50(37-44)46-20-10-18-28-63(46)74-64/h9-41H,1-8H3. The molecule has 0 aliphatic carbocycles. The molecule has 0 spiro atoms. The zero-order valence-electron chi connectivity index (χ0n) is 43.3. The first kappa shape index (κ1) is 43.6. The summed E-state index contributed by atoms with van der Waals surface area (Å²) < 4.78 is 5.17. The topological polar surface area (TPSA) is 11.4 Å². The molecule has 11 aromatic carbocycles. The fraction of sp³-hybridized carbons (Fsp3) is 0.171. The number of hydrogen-bond acceptors (Lipinski definition) is 3. The smallest absolute Gasteiger partial charge is 0.0562 e. The maximum absolute atomic E-state index is 2.65. The Morgan fingerprint density at radius 1 is 0.351 bits per heavy atom. The van der Waals surface area contributed by atoms with E-state index in [-0.39, 0.29) is 22.7 Å². The number of nitrogens with zero attached hydrogens (tertiary/aromatic N) is 3. The van der Waals surface area contributed by atoms with Gasteiger partial charge in [-0.05, 0) is 140 Å². The first-order valence-electron chi connectivity index (χ1n) is 26.6. The van der Waals surface area contributed by atoms with Crippen LogP contribution in [0.15, 0.2) is 188 Å². The van der Waals surface area contributed by atoms with E-state index in [0.717, 1.165) is 0 Å². The van der Waals surface area contributed by atoms with Crippen LogP contribution in [0.5, 0.6) is 0 Å². The summed E-state index contributed by atoms with van der Waals surface area (Å²) >= 11 is 1.88. The Morgan fingerprint density at radius 2 is 0.838 bits per heavy atom. The molecule has 358 valence electrons. The van der Waals surface area contributed by atoms with Crippen molar-refractivity contribution in [1.29, 1.82) is 0 Å². The molecule has 15 rings (SSSR count). The molecular weight excluding hydrogens is 915 g/mol. The predicted molar refractivity (Wildman–Crippen MR) is 319 cm³/mol. The van der Waals surface area contributed by atoms with Gasteiger partial charge in [-0.2, -0.15) is 0 Å². The lowest BCUT2D eigenvalue weighted by Crippen LogP contribution is -2.31. The predicted octanol–water partition coefficient (Wildman–Crippen LogP) is 20.5. The fourth-order valence-corrected chi connectivity index (χ4v) is 14.9. The van der Waals surface area contributed by atoms with Gasteiger partial charge in [-0.1, -0.05) is 171 Å². The molecule has 0 saturated heterocycles. The molecule has 4 heteroatoms. The summed E-state index contributed by atoms with van der Waals surface area (Å²) in [6, 6.07) is 72.2. The van der Waals surface area contributed by atoms with Gasteiger partial charge in [0.25, 0.3) is 0 Å². The Hall–Kier alpha value is -7.92. The molecule has 0 fully saturated rings. The van der Waals surface area contributed by atoms with E-state index in [2.05, 4.69) is 258 Å². The molecule has 74 heavy (non-hydrogen) atoms. The van der Waals surface area contributed by atoms with Gasteiger partial charge in [-0.15, -0.1) is 11.3 Å². The number of para-hydroxylation sites is 4. The van der Waals surface area contributed by atoms with Crippen LogP contribution >= 0.6 is 11.3 Å². The summed E-state index contributed by atoms with van der Waals surface area (Å²) in [6.07, 6.45) is 0. The average Bonchev–Trinajstić information content (AvgIpc) is 4.04. The number of hydrogen-bond donors (Lipinski definition) is 0. The minimum absolute atomic E-state index is 0.155. The van der Waals surface area contributed by atoms with Crippen molar-refractivity contribution < 1.29 is 0 Å². The Bertz CT molecular complexity index is 4470. The van der Waals surface area contributed by atoms with E-state index in [1.54, 1.807) is 0 Å². The lowest BCUT2D eigenvalue weighted by atomic mass is 9.73. The van der Waals surface area contributed by atoms with E-state index in [4.69, 9.17) is 0 Å². The summed E-state index contributed by atoms with van der Waals surface area (Å²) in [4.78, 5) is 5.23. The molecule has 0 atom stereocenters. The molecule has 13 aromatic rings. The van der Waals surface area contributed by atoms with Crippen molar-refractivity contribution in [3.63, 3.8) is 0 Å². The second-order valence-electron chi connectivity index (χ2n) is 22.8. The van der Waals surface area contributed by atoms with Crippen molar-refractivity contribution in [2.75, 3.05) is 9.80 Å². The normalized spacial score (nSPS) is 14.9. The molecule has 0 radical (unpaired) electrons. The van der Waals surface area contributed by atoms with Gasteiger partial charge < -0.3 is 14.4 Å². The fourth-order valence-electron chi connectivity index (χ4n) is 13.8. The van der Waals surface area contributed by atoms with E-state index < -0.39 is 0 Å². The molecule has 2 aromatic heterocycles. The number of benzene rings is 11. The van der Waals surface area contributed by atoms with Gasteiger partial charge >= 0.3 is 0 Å². The van der Waals surface area contributed by atoms with Crippen molar-refractivity contribution >= 4 is 120 Å². The highest BCUT2D eigenvalue weighted by Crippen LogP contribution is 2.59. The van der Waals surface area contributed by atoms with E-state index in [1.807, 2.05) is 11.3 Å². The summed E-state index contributed by atoms with van der Waals surface area (Å²) in [5, 5.41) is 13.1. The van der Waals surface area contributed by atoms with Crippen molar-refractivity contribution in [1.82, 2.24) is 4.57 Å². The van der Waals surface area contributed by atoms with Crippen LogP contribution in [0.3, 0.4) is 0 Å². The Morgan fingerprint density at radius 3 is 1.42 bits per heavy atom. The first-order chi connectivity index (χ1) is 35.9. The third-order valence-electron chi connectivity index (χ3n) is 17.4. The van der Waals surface area contributed by atoms with Crippen LogP contribution < -0.4 is 9.80 Å². The molecular formula is C70H57N3S. The van der Waals surface area contributed by atoms with Crippen LogP contribution in [-0.4, -0.2) is 4.57 Å². The maximum atomic E-state index is 2.65. The van der Waals surface area contributed by atoms with Crippen molar-refractivity contribution in [3.05, 3.63) is 221 Å². The first-order valence-corrected chi connectivity index (χ1v) is 27.4. The van der Waals surface area contributed by atoms with Gasteiger partial charge in [0.05, 0.1) is 45.2 Å². The molecule has 2 aliphatic heterocycles. The Labute approximate surface area is 436 Å². The van der Waals surface area contributed by atoms with Gasteiger partial charge in [0.1, 0.15) is 0 Å². The van der Waals surface area contributed by atoms with E-state index in [1.165, 1.54) is 147 Å². The number of rotatable bonds is 5. The second kappa shape index (κ2) is 15.3. The molecule has 2 aliphatic rings. The Balaban J connectivity index is 1.05. The lowest BCUT2D eigenvalue weighted by Gasteiger charge is -2.43. The van der Waals surface area contributed by atoms with Crippen molar-refractivity contribution in [2.45, 2.75) is 78.1 Å². The molecule has 0 saturated carbocycles. The third-order valence-corrected chi connectivity index (χ3v) is 18.5. The Kier molecular flexibility index (Phi) is 9.03. The minimum atomic E-state index is -0.282. The van der Waals surface area contributed by atoms with E-state index >= 15 is 0 Å². The van der Waals surface area contributed by atoms with E-state index in [9.17, 15) is 0 Å². The van der Waals surface area contributed by atoms with Crippen molar-refractivity contribution in [2.24, 2.45) is 0 Å². The van der Waals surface area contributed by atoms with Gasteiger partial charge in [-0.25, -0.2) is 0 Å². The van der Waals surface area contributed by atoms with Crippen LogP contribution in [0.1, 0.15) is 101 Å². The summed E-state index contributed by atoms with van der Waals surface area (Å²) in [5.41, 5.74) is 18.7. The largest absolute Gasteiger partial charge is 0.309 e. The van der Waals surface area contributed by atoms with Crippen LogP contribution in [0, 0.1) is 0 Å². The number of anilines is 6. The molecule has 4 heterocycles. The zero-order chi connectivity index (χ0) is 50.1. The second-order valence-corrected chi connectivity index (χ2v) is 23.9. The average molecular weight is 972 g/mol. The number of thiophene rings is 1. The van der Waals surface area contributed by atoms with Gasteiger partial charge in [-0.3, -0.25) is 0 Å². The van der Waals surface area contributed by atoms with E-state index in [0.29, 0.717) is 0 Å². The molecule has 0 amide bonds. The monoisotopic (exact) mass is 971 g/mol. The molecule has 0 unspecified atom stereocenters. The van der Waals surface area contributed by atoms with Crippen LogP contribution in [0.2, 0.25) is 0 Å². The maximum Gasteiger partial charge on any atom is 0.0562 e. The van der Waals surface area contributed by atoms with Crippen LogP contribution in [0.4, 0.5) is 34.1 Å². The quantitative estimate of drug-likeness (QED) is 0.159. The lowest BCUT2D eigenvalue weighted by molar-refractivity contribution is 0.632. The summed E-state index contributed by atoms with van der Waals surface area (Å²) in [5.74, 6) is 0.550. The van der Waals surface area contributed by atoms with Crippen LogP contribution in [0.25, 0.3) is 80.0 Å². The van der Waals surface area contributed by atoms with Crippen LogP contribution in [-0.2, 0) is 10.8 Å². The SMILES string of the molecule is CC(C)c1cc2ccc(N3c4ccccc4C(C)(C)c4cc5c6ccccc6n(-c6ccc7sc8ccccc8c7c6)c5cc43)c3c(C(C)C)cc4ccc(N5c6ccccc6C(C)(C)c6ccccc65)c1c4c23. The highest BCUT2D eigenvalue weighted by molar-refractivity contribution is 7.25. The van der Waals surface area contributed by atoms with Gasteiger partial charge in [0.15, 0.2) is 0 Å². The third kappa shape index (κ3) is 5.78. The highest BCUT2D eigenvalue weighted by atomic mass is 32.1. The zero-order valence-corrected chi connectivity index (χ0v) is 44.1. The molecule has 0 N–H and O–H groups in total. The minimum Gasteiger partial charge on any atom is -0.309 e. The van der Waals surface area contributed by atoms with Crippen molar-refractivity contribution in [3.8, 4) is 5.69 Å². The molecule has 0 bridgehead atoms. The highest BCUT2D eigenvalue weighted by Gasteiger charge is 2.40. The summed E-state index contributed by atoms with van der Waals surface area (Å²) in [7, 11) is 0. The number of fused-ring (bicyclic) bond motifs is 10. The van der Waals surface area contributed by atoms with Gasteiger partial charge in [0, 0.05) is 58.2 Å². The number of aromatic nitrogens is 1.